The fourth-order valence-electron chi connectivity index (χ4n) is 1.36. The molecule has 0 radical (unpaired) electrons. The fourth-order valence-corrected chi connectivity index (χ4v) is 1.36. The Morgan fingerprint density at radius 3 is 2.20 bits per heavy atom. The molecule has 78 valence electrons. The summed E-state index contributed by atoms with van der Waals surface area (Å²) in [5, 5.41) is 9.58. The summed E-state index contributed by atoms with van der Waals surface area (Å²) in [5.41, 5.74) is 10.7. The molecule has 0 atom stereocenters. The molecule has 0 amide bonds. The first-order valence-corrected chi connectivity index (χ1v) is 4.68. The Labute approximate surface area is 89.2 Å². The van der Waals surface area contributed by atoms with Crippen LogP contribution in [0.1, 0.15) is 5.56 Å². The molecular weight excluding hydrogens is 186 g/mol. The first-order valence-electron chi connectivity index (χ1n) is 4.68. The van der Waals surface area contributed by atoms with E-state index in [0.29, 0.717) is 0 Å². The first-order chi connectivity index (χ1) is 7.27. The van der Waals surface area contributed by atoms with Crippen molar-refractivity contribution in [1.82, 2.24) is 0 Å². The highest BCUT2D eigenvalue weighted by Gasteiger charge is 1.97. The summed E-state index contributed by atoms with van der Waals surface area (Å²) in [5.74, 6) is 0.116. The van der Waals surface area contributed by atoms with Crippen molar-refractivity contribution < 1.29 is 0 Å². The van der Waals surface area contributed by atoms with Crippen LogP contribution >= 0.6 is 0 Å². The number of nitrogens with two attached hydrogens (primary N) is 2. The lowest BCUT2D eigenvalue weighted by Crippen LogP contribution is -2.10. The van der Waals surface area contributed by atoms with Crippen molar-refractivity contribution in [2.45, 2.75) is 0 Å². The zero-order valence-corrected chi connectivity index (χ0v) is 8.70. The van der Waals surface area contributed by atoms with Crippen LogP contribution in [0.25, 0.3) is 10.8 Å². The number of hydrogen-bond acceptors (Lipinski definition) is 2. The highest BCUT2D eigenvalue weighted by atomic mass is 14.7. The first kappa shape index (κ1) is 11.2. The van der Waals surface area contributed by atoms with Gasteiger partial charge in [0.25, 0.3) is 0 Å². The van der Waals surface area contributed by atoms with Gasteiger partial charge < -0.3 is 11.5 Å². The predicted octanol–water partition coefficient (Wildman–Crippen LogP) is 1.70. The van der Waals surface area contributed by atoms with Crippen LogP contribution in [0.15, 0.2) is 42.5 Å². The Hall–Kier alpha value is -1.87. The van der Waals surface area contributed by atoms with Gasteiger partial charge in [-0.1, -0.05) is 36.4 Å². The van der Waals surface area contributed by atoms with Crippen molar-refractivity contribution in [1.29, 1.82) is 5.41 Å². The Morgan fingerprint density at radius 2 is 1.60 bits per heavy atom. The maximum absolute atomic E-state index is 7.29. The number of nitrogen functional groups attached to an aromatic ring is 1. The molecule has 0 aliphatic rings. The zero-order chi connectivity index (χ0) is 11.3. The molecule has 0 fully saturated rings. The topological polar surface area (TPSA) is 75.9 Å². The van der Waals surface area contributed by atoms with E-state index in [-0.39, 0.29) is 5.84 Å². The van der Waals surface area contributed by atoms with Crippen molar-refractivity contribution in [3.63, 3.8) is 0 Å². The summed E-state index contributed by atoms with van der Waals surface area (Å²) in [6, 6.07) is 13.8. The fraction of sp³-hybridized carbons (Fsp3) is 0.0833. The van der Waals surface area contributed by atoms with Crippen molar-refractivity contribution in [3.8, 4) is 0 Å². The van der Waals surface area contributed by atoms with E-state index in [9.17, 15) is 0 Å². The van der Waals surface area contributed by atoms with Crippen LogP contribution in [-0.2, 0) is 0 Å². The van der Waals surface area contributed by atoms with E-state index in [1.165, 1.54) is 12.4 Å². The molecule has 0 unspecified atom stereocenters. The minimum atomic E-state index is 0.116. The van der Waals surface area contributed by atoms with E-state index in [0.717, 1.165) is 10.9 Å². The van der Waals surface area contributed by atoms with Gasteiger partial charge in [-0.15, -0.1) is 0 Å². The maximum atomic E-state index is 7.29. The van der Waals surface area contributed by atoms with Crippen LogP contribution in [-0.4, -0.2) is 12.9 Å². The van der Waals surface area contributed by atoms with E-state index in [1.54, 1.807) is 0 Å². The van der Waals surface area contributed by atoms with Gasteiger partial charge in [-0.05, 0) is 23.9 Å². The monoisotopic (exact) mass is 201 g/mol. The van der Waals surface area contributed by atoms with Gasteiger partial charge >= 0.3 is 0 Å². The standard InChI is InChI=1S/C11H10N2.CH5N/c12-11(13)10-6-5-8-3-1-2-4-9(8)7-10;1-2/h1-7H,(H3,12,13);2H2,1H3. The average Bonchev–Trinajstić information content (AvgIpc) is 2.31. The van der Waals surface area contributed by atoms with Gasteiger partial charge in [0.15, 0.2) is 0 Å². The van der Waals surface area contributed by atoms with E-state index >= 15 is 0 Å². The normalized spacial score (nSPS) is 9.20. The Morgan fingerprint density at radius 1 is 1.00 bits per heavy atom. The minimum Gasteiger partial charge on any atom is -0.384 e. The molecule has 0 saturated carbocycles. The molecule has 3 heteroatoms. The second kappa shape index (κ2) is 5.12. The van der Waals surface area contributed by atoms with Gasteiger partial charge in [0.1, 0.15) is 5.84 Å². The molecule has 15 heavy (non-hydrogen) atoms. The third-order valence-corrected chi connectivity index (χ3v) is 2.06. The molecule has 0 aliphatic heterocycles. The van der Waals surface area contributed by atoms with Crippen LogP contribution in [0, 0.1) is 5.41 Å². The van der Waals surface area contributed by atoms with Crippen LogP contribution in [0.3, 0.4) is 0 Å². The Kier molecular flexibility index (Phi) is 3.83. The second-order valence-electron chi connectivity index (χ2n) is 2.98. The van der Waals surface area contributed by atoms with E-state index < -0.39 is 0 Å². The van der Waals surface area contributed by atoms with Gasteiger partial charge in [-0.3, -0.25) is 5.41 Å². The minimum absolute atomic E-state index is 0.116. The molecular formula is C12H15N3. The number of fused-ring (bicyclic) bond motifs is 1. The molecule has 3 nitrogen and oxygen atoms in total. The zero-order valence-electron chi connectivity index (χ0n) is 8.70. The summed E-state index contributed by atoms with van der Waals surface area (Å²) in [4.78, 5) is 0. The summed E-state index contributed by atoms with van der Waals surface area (Å²) < 4.78 is 0. The quantitative estimate of drug-likeness (QED) is 0.485. The van der Waals surface area contributed by atoms with E-state index in [4.69, 9.17) is 11.1 Å². The molecule has 0 saturated heterocycles. The van der Waals surface area contributed by atoms with Crippen molar-refractivity contribution in [2.24, 2.45) is 11.5 Å². The van der Waals surface area contributed by atoms with Gasteiger partial charge in [0.2, 0.25) is 0 Å². The lowest BCUT2D eigenvalue weighted by Gasteiger charge is -2.00. The van der Waals surface area contributed by atoms with Crippen LogP contribution in [0.4, 0.5) is 0 Å². The summed E-state index contributed by atoms with van der Waals surface area (Å²) in [6.45, 7) is 0. The molecule has 2 rings (SSSR count). The van der Waals surface area contributed by atoms with Crippen molar-refractivity contribution in [2.75, 3.05) is 7.05 Å². The highest BCUT2D eigenvalue weighted by molar-refractivity contribution is 5.99. The predicted molar refractivity (Wildman–Crippen MR) is 65.1 cm³/mol. The molecule has 0 spiro atoms. The third-order valence-electron chi connectivity index (χ3n) is 2.06. The van der Waals surface area contributed by atoms with Crippen LogP contribution in [0.2, 0.25) is 0 Å². The van der Waals surface area contributed by atoms with E-state index in [1.807, 2.05) is 42.5 Å². The number of benzene rings is 2. The molecule has 0 aromatic heterocycles. The molecule has 2 aromatic rings. The molecule has 0 aliphatic carbocycles. The smallest absolute Gasteiger partial charge is 0.122 e. The molecule has 2 aromatic carbocycles. The van der Waals surface area contributed by atoms with Gasteiger partial charge in [-0.2, -0.15) is 0 Å². The number of amidine groups is 1. The number of hydrogen-bond donors (Lipinski definition) is 3. The number of rotatable bonds is 1. The van der Waals surface area contributed by atoms with Crippen molar-refractivity contribution in [3.05, 3.63) is 48.0 Å². The van der Waals surface area contributed by atoms with E-state index in [2.05, 4.69) is 5.73 Å². The van der Waals surface area contributed by atoms with Crippen LogP contribution in [0.5, 0.6) is 0 Å². The van der Waals surface area contributed by atoms with Gasteiger partial charge in [0, 0.05) is 5.56 Å². The van der Waals surface area contributed by atoms with Crippen molar-refractivity contribution >= 4 is 16.6 Å². The lowest BCUT2D eigenvalue weighted by molar-refractivity contribution is 1.43. The lowest BCUT2D eigenvalue weighted by atomic mass is 10.1. The second-order valence-corrected chi connectivity index (χ2v) is 2.98. The molecule has 0 bridgehead atoms. The summed E-state index contributed by atoms with van der Waals surface area (Å²) in [6.07, 6.45) is 0. The average molecular weight is 201 g/mol. The summed E-state index contributed by atoms with van der Waals surface area (Å²) in [7, 11) is 1.50. The third kappa shape index (κ3) is 2.54. The molecule has 5 N–H and O–H groups in total. The SMILES string of the molecule is CN.N=C(N)c1ccc2ccccc2c1. The largest absolute Gasteiger partial charge is 0.384 e. The summed E-state index contributed by atoms with van der Waals surface area (Å²) >= 11 is 0. The maximum Gasteiger partial charge on any atom is 0.122 e. The van der Waals surface area contributed by atoms with Crippen LogP contribution < -0.4 is 11.5 Å². The number of nitrogens with one attached hydrogen (secondary N) is 1. The van der Waals surface area contributed by atoms with Gasteiger partial charge in [0.05, 0.1) is 0 Å². The Bertz CT molecular complexity index is 463. The Balaban J connectivity index is 0.000000531. The molecule has 0 heterocycles. The van der Waals surface area contributed by atoms with Gasteiger partial charge in [-0.25, -0.2) is 0 Å². The highest BCUT2D eigenvalue weighted by Crippen LogP contribution is 2.14.